The van der Waals surface area contributed by atoms with Crippen molar-refractivity contribution in [2.24, 2.45) is 0 Å². The summed E-state index contributed by atoms with van der Waals surface area (Å²) in [4.78, 5) is 0.907. The van der Waals surface area contributed by atoms with Crippen LogP contribution in [0.25, 0.3) is 10.4 Å². The highest BCUT2D eigenvalue weighted by Gasteiger charge is 2.05. The molecule has 1 heterocycles. The lowest BCUT2D eigenvalue weighted by atomic mass is 10.1. The van der Waals surface area contributed by atoms with Crippen LogP contribution in [0.5, 0.6) is 0 Å². The normalized spacial score (nSPS) is 10.2. The molecule has 0 radical (unpaired) electrons. The van der Waals surface area contributed by atoms with Gasteiger partial charge in [0.25, 0.3) is 0 Å². The Morgan fingerprint density at radius 3 is 2.77 bits per heavy atom. The van der Waals surface area contributed by atoms with E-state index in [1.54, 1.807) is 12.1 Å². The van der Waals surface area contributed by atoms with Gasteiger partial charge < -0.3 is 5.73 Å². The van der Waals surface area contributed by atoms with Crippen LogP contribution in [0, 0.1) is 5.82 Å². The van der Waals surface area contributed by atoms with Crippen molar-refractivity contribution >= 4 is 17.0 Å². The average molecular weight is 193 g/mol. The number of hydrogen-bond acceptors (Lipinski definition) is 2. The monoisotopic (exact) mass is 193 g/mol. The van der Waals surface area contributed by atoms with Gasteiger partial charge in [-0.15, -0.1) is 11.3 Å². The molecular formula is C10H8FNS. The number of thiophene rings is 1. The van der Waals surface area contributed by atoms with Gasteiger partial charge in [-0.25, -0.2) is 4.39 Å². The van der Waals surface area contributed by atoms with Gasteiger partial charge in [0.15, 0.2) is 0 Å². The van der Waals surface area contributed by atoms with Gasteiger partial charge in [0, 0.05) is 16.1 Å². The first kappa shape index (κ1) is 8.26. The third kappa shape index (κ3) is 1.55. The van der Waals surface area contributed by atoms with Crippen LogP contribution in [-0.4, -0.2) is 0 Å². The highest BCUT2D eigenvalue weighted by molar-refractivity contribution is 7.13. The maximum atomic E-state index is 13.3. The third-order valence-electron chi connectivity index (χ3n) is 1.78. The van der Waals surface area contributed by atoms with Crippen LogP contribution < -0.4 is 5.73 Å². The van der Waals surface area contributed by atoms with Crippen LogP contribution in [0.3, 0.4) is 0 Å². The van der Waals surface area contributed by atoms with E-state index >= 15 is 0 Å². The lowest BCUT2D eigenvalue weighted by Crippen LogP contribution is -1.87. The van der Waals surface area contributed by atoms with E-state index in [1.165, 1.54) is 17.4 Å². The second-order valence-electron chi connectivity index (χ2n) is 2.72. The summed E-state index contributed by atoms with van der Waals surface area (Å²) in [5.41, 5.74) is 6.74. The number of nitrogens with two attached hydrogens (primary N) is 1. The molecular weight excluding hydrogens is 185 g/mol. The van der Waals surface area contributed by atoms with Crippen molar-refractivity contribution in [3.63, 3.8) is 0 Å². The highest BCUT2D eigenvalue weighted by atomic mass is 32.1. The summed E-state index contributed by atoms with van der Waals surface area (Å²) >= 11 is 1.50. The molecule has 1 aromatic heterocycles. The van der Waals surface area contributed by atoms with E-state index in [2.05, 4.69) is 0 Å². The molecule has 0 aliphatic carbocycles. The standard InChI is InChI=1S/C10H8FNS/c11-9-4-3-7(12)6-8(9)10-2-1-5-13-10/h1-6H,12H2. The van der Waals surface area contributed by atoms with Crippen molar-refractivity contribution < 1.29 is 4.39 Å². The minimum atomic E-state index is -0.225. The van der Waals surface area contributed by atoms with Gasteiger partial charge in [-0.3, -0.25) is 0 Å². The molecule has 0 aliphatic rings. The number of hydrogen-bond donors (Lipinski definition) is 1. The van der Waals surface area contributed by atoms with Crippen LogP contribution in [0.15, 0.2) is 35.7 Å². The predicted octanol–water partition coefficient (Wildman–Crippen LogP) is 3.14. The fourth-order valence-electron chi connectivity index (χ4n) is 1.16. The predicted molar refractivity (Wildman–Crippen MR) is 54.1 cm³/mol. The second-order valence-corrected chi connectivity index (χ2v) is 3.66. The number of rotatable bonds is 1. The summed E-state index contributed by atoms with van der Waals surface area (Å²) in [5, 5.41) is 1.91. The van der Waals surface area contributed by atoms with Gasteiger partial charge >= 0.3 is 0 Å². The summed E-state index contributed by atoms with van der Waals surface area (Å²) in [6.07, 6.45) is 0. The summed E-state index contributed by atoms with van der Waals surface area (Å²) in [5.74, 6) is -0.225. The van der Waals surface area contributed by atoms with Gasteiger partial charge in [-0.1, -0.05) is 6.07 Å². The fourth-order valence-corrected chi connectivity index (χ4v) is 1.91. The second kappa shape index (κ2) is 3.18. The lowest BCUT2D eigenvalue weighted by Gasteiger charge is -2.00. The van der Waals surface area contributed by atoms with Crippen LogP contribution in [0.1, 0.15) is 0 Å². The minimum absolute atomic E-state index is 0.225. The van der Waals surface area contributed by atoms with Crippen LogP contribution >= 0.6 is 11.3 Å². The average Bonchev–Trinajstić information content (AvgIpc) is 2.61. The molecule has 2 aromatic rings. The molecule has 0 fully saturated rings. The molecule has 1 aromatic carbocycles. The minimum Gasteiger partial charge on any atom is -0.399 e. The number of nitrogen functional groups attached to an aromatic ring is 1. The maximum Gasteiger partial charge on any atom is 0.131 e. The van der Waals surface area contributed by atoms with Crippen molar-refractivity contribution in [1.82, 2.24) is 0 Å². The topological polar surface area (TPSA) is 26.0 Å². The quantitative estimate of drug-likeness (QED) is 0.692. The highest BCUT2D eigenvalue weighted by Crippen LogP contribution is 2.28. The molecule has 0 amide bonds. The largest absolute Gasteiger partial charge is 0.399 e. The summed E-state index contributed by atoms with van der Waals surface area (Å²) in [7, 11) is 0. The Morgan fingerprint density at radius 2 is 2.08 bits per heavy atom. The lowest BCUT2D eigenvalue weighted by molar-refractivity contribution is 0.632. The maximum absolute atomic E-state index is 13.3. The van der Waals surface area contributed by atoms with Gasteiger partial charge in [-0.2, -0.15) is 0 Å². The van der Waals surface area contributed by atoms with Gasteiger partial charge in [0.05, 0.1) is 0 Å². The molecule has 1 nitrogen and oxygen atoms in total. The van der Waals surface area contributed by atoms with E-state index in [0.29, 0.717) is 11.3 Å². The molecule has 0 unspecified atom stereocenters. The SMILES string of the molecule is Nc1ccc(F)c(-c2cccs2)c1. The van der Waals surface area contributed by atoms with Crippen molar-refractivity contribution in [2.75, 3.05) is 5.73 Å². The van der Waals surface area contributed by atoms with Gasteiger partial charge in [-0.05, 0) is 29.6 Å². The Bertz CT molecular complexity index is 409. The first-order valence-corrected chi connectivity index (χ1v) is 4.74. The Hall–Kier alpha value is -1.35. The molecule has 0 bridgehead atoms. The molecule has 3 heteroatoms. The van der Waals surface area contributed by atoms with Crippen LogP contribution in [-0.2, 0) is 0 Å². The zero-order valence-corrected chi connectivity index (χ0v) is 7.64. The van der Waals surface area contributed by atoms with Gasteiger partial charge in [0.2, 0.25) is 0 Å². The van der Waals surface area contributed by atoms with Crippen molar-refractivity contribution in [1.29, 1.82) is 0 Å². The third-order valence-corrected chi connectivity index (χ3v) is 2.68. The summed E-state index contributed by atoms with van der Waals surface area (Å²) in [6.45, 7) is 0. The molecule has 0 saturated carbocycles. The molecule has 0 spiro atoms. The molecule has 0 atom stereocenters. The number of benzene rings is 1. The Morgan fingerprint density at radius 1 is 1.23 bits per heavy atom. The first-order valence-electron chi connectivity index (χ1n) is 3.86. The Labute approximate surface area is 79.6 Å². The molecule has 0 aliphatic heterocycles. The zero-order valence-electron chi connectivity index (χ0n) is 6.83. The Balaban J connectivity index is 2.57. The van der Waals surface area contributed by atoms with Crippen LogP contribution in [0.4, 0.5) is 10.1 Å². The molecule has 13 heavy (non-hydrogen) atoms. The van der Waals surface area contributed by atoms with Crippen molar-refractivity contribution in [3.05, 3.63) is 41.5 Å². The fraction of sp³-hybridized carbons (Fsp3) is 0. The first-order chi connectivity index (χ1) is 6.27. The van der Waals surface area contributed by atoms with E-state index in [-0.39, 0.29) is 5.82 Å². The van der Waals surface area contributed by atoms with E-state index < -0.39 is 0 Å². The van der Waals surface area contributed by atoms with E-state index in [4.69, 9.17) is 5.73 Å². The molecule has 2 rings (SSSR count). The zero-order chi connectivity index (χ0) is 9.26. The van der Waals surface area contributed by atoms with Crippen molar-refractivity contribution in [3.8, 4) is 10.4 Å². The Kier molecular flexibility index (Phi) is 2.02. The summed E-state index contributed by atoms with van der Waals surface area (Å²) in [6, 6.07) is 8.38. The van der Waals surface area contributed by atoms with Crippen molar-refractivity contribution in [2.45, 2.75) is 0 Å². The molecule has 2 N–H and O–H groups in total. The number of halogens is 1. The van der Waals surface area contributed by atoms with E-state index in [9.17, 15) is 4.39 Å². The number of anilines is 1. The van der Waals surface area contributed by atoms with Crippen LogP contribution in [0.2, 0.25) is 0 Å². The van der Waals surface area contributed by atoms with Gasteiger partial charge in [0.1, 0.15) is 5.82 Å². The van der Waals surface area contributed by atoms with E-state index in [0.717, 1.165) is 4.88 Å². The smallest absolute Gasteiger partial charge is 0.131 e. The summed E-state index contributed by atoms with van der Waals surface area (Å²) < 4.78 is 13.3. The molecule has 0 saturated heterocycles. The molecule has 66 valence electrons. The van der Waals surface area contributed by atoms with E-state index in [1.807, 2.05) is 17.5 Å².